The highest BCUT2D eigenvalue weighted by molar-refractivity contribution is 9.10. The average Bonchev–Trinajstić information content (AvgIpc) is 3.30. The van der Waals surface area contributed by atoms with Crippen LogP contribution in [0, 0.1) is 6.92 Å². The molecule has 8 heteroatoms. The summed E-state index contributed by atoms with van der Waals surface area (Å²) in [4.78, 5) is 0. The second kappa shape index (κ2) is 7.75. The van der Waals surface area contributed by atoms with E-state index in [2.05, 4.69) is 72.8 Å². The fourth-order valence-corrected chi connectivity index (χ4v) is 4.04. The second-order valence-electron chi connectivity index (χ2n) is 6.51. The first kappa shape index (κ1) is 18.1. The number of aromatic nitrogens is 4. The average molecular weight is 443 g/mol. The zero-order valence-electron chi connectivity index (χ0n) is 14.7. The summed E-state index contributed by atoms with van der Waals surface area (Å²) in [6, 6.07) is 12.4. The maximum Gasteiger partial charge on any atom is 0.206 e. The number of aryl methyl sites for hydroxylation is 1. The van der Waals surface area contributed by atoms with E-state index in [1.165, 1.54) is 16.9 Å². The Morgan fingerprint density at radius 2 is 2.04 bits per heavy atom. The van der Waals surface area contributed by atoms with Crippen LogP contribution >= 0.6 is 27.3 Å². The number of aromatic amines is 1. The van der Waals surface area contributed by atoms with E-state index in [1.54, 1.807) is 0 Å². The van der Waals surface area contributed by atoms with Gasteiger partial charge in [-0.2, -0.15) is 5.10 Å². The van der Waals surface area contributed by atoms with Crippen molar-refractivity contribution in [2.45, 2.75) is 19.4 Å². The van der Waals surface area contributed by atoms with Crippen molar-refractivity contribution in [3.8, 4) is 10.6 Å². The Hall–Kier alpha value is -2.29. The van der Waals surface area contributed by atoms with Crippen LogP contribution in [0.5, 0.6) is 0 Å². The number of benzene rings is 2. The van der Waals surface area contributed by atoms with Crippen LogP contribution in [-0.4, -0.2) is 33.0 Å². The molecule has 1 atom stereocenters. The van der Waals surface area contributed by atoms with E-state index in [-0.39, 0.29) is 6.04 Å². The smallest absolute Gasteiger partial charge is 0.206 e. The largest absolute Gasteiger partial charge is 0.359 e. The van der Waals surface area contributed by atoms with Crippen molar-refractivity contribution < 1.29 is 0 Å². The molecule has 2 aromatic heterocycles. The van der Waals surface area contributed by atoms with Crippen LogP contribution in [0.15, 0.2) is 47.1 Å². The minimum Gasteiger partial charge on any atom is -0.359 e. The van der Waals surface area contributed by atoms with E-state index >= 15 is 0 Å². The van der Waals surface area contributed by atoms with Crippen molar-refractivity contribution in [2.75, 3.05) is 11.9 Å². The summed E-state index contributed by atoms with van der Waals surface area (Å²) in [6.45, 7) is 2.71. The van der Waals surface area contributed by atoms with Crippen molar-refractivity contribution in [3.05, 3.63) is 58.2 Å². The molecule has 0 amide bonds. The highest BCUT2D eigenvalue weighted by atomic mass is 79.9. The van der Waals surface area contributed by atoms with Gasteiger partial charge >= 0.3 is 0 Å². The van der Waals surface area contributed by atoms with Gasteiger partial charge in [-0.1, -0.05) is 39.4 Å². The third-order valence-corrected chi connectivity index (χ3v) is 5.81. The monoisotopic (exact) mass is 442 g/mol. The number of nitrogens with two attached hydrogens (primary N) is 1. The van der Waals surface area contributed by atoms with Gasteiger partial charge in [0.25, 0.3) is 0 Å². The lowest BCUT2D eigenvalue weighted by Gasteiger charge is -2.12. The molecule has 2 heterocycles. The van der Waals surface area contributed by atoms with Gasteiger partial charge in [-0.05, 0) is 48.7 Å². The number of nitrogens with zero attached hydrogens (tertiary/aromatic N) is 3. The third kappa shape index (κ3) is 4.18. The molecular formula is C19H19BrN6S. The molecule has 4 rings (SSSR count). The zero-order chi connectivity index (χ0) is 18.8. The molecule has 4 aromatic rings. The zero-order valence-corrected chi connectivity index (χ0v) is 17.1. The second-order valence-corrected chi connectivity index (χ2v) is 8.40. The van der Waals surface area contributed by atoms with Crippen LogP contribution in [-0.2, 0) is 6.42 Å². The summed E-state index contributed by atoms with van der Waals surface area (Å²) in [6.07, 6.45) is 2.63. The number of anilines is 1. The first-order chi connectivity index (χ1) is 13.1. The SMILES string of the molecule is Cc1cc2[nH]ncc2cc1-c1nnc(NC[C@@H](N)Cc2ccc(Br)cc2)s1. The fourth-order valence-electron chi connectivity index (χ4n) is 2.95. The predicted octanol–water partition coefficient (Wildman–Crippen LogP) is 4.13. The van der Waals surface area contributed by atoms with Crippen molar-refractivity contribution >= 4 is 43.3 Å². The molecule has 0 radical (unpaired) electrons. The van der Waals surface area contributed by atoms with Crippen LogP contribution in [0.1, 0.15) is 11.1 Å². The number of fused-ring (bicyclic) bond motifs is 1. The highest BCUT2D eigenvalue weighted by Gasteiger charge is 2.12. The Morgan fingerprint density at radius 3 is 2.85 bits per heavy atom. The molecule has 4 N–H and O–H groups in total. The molecule has 0 bridgehead atoms. The number of nitrogens with one attached hydrogen (secondary N) is 2. The molecule has 0 spiro atoms. The number of halogens is 1. The van der Waals surface area contributed by atoms with Crippen molar-refractivity contribution in [3.63, 3.8) is 0 Å². The minimum absolute atomic E-state index is 0.00235. The Kier molecular flexibility index (Phi) is 5.20. The van der Waals surface area contributed by atoms with Gasteiger partial charge in [-0.15, -0.1) is 10.2 Å². The van der Waals surface area contributed by atoms with Gasteiger partial charge in [-0.25, -0.2) is 0 Å². The van der Waals surface area contributed by atoms with Crippen LogP contribution in [0.3, 0.4) is 0 Å². The summed E-state index contributed by atoms with van der Waals surface area (Å²) in [5.74, 6) is 0. The molecular weight excluding hydrogens is 424 g/mol. The van der Waals surface area contributed by atoms with Crippen LogP contribution in [0.25, 0.3) is 21.5 Å². The number of hydrogen-bond donors (Lipinski definition) is 3. The predicted molar refractivity (Wildman–Crippen MR) is 114 cm³/mol. The van der Waals surface area contributed by atoms with Gasteiger partial charge in [0, 0.05) is 28.0 Å². The first-order valence-electron chi connectivity index (χ1n) is 8.60. The first-order valence-corrected chi connectivity index (χ1v) is 10.2. The van der Waals surface area contributed by atoms with Gasteiger partial charge in [0.2, 0.25) is 5.13 Å². The lowest BCUT2D eigenvalue weighted by Crippen LogP contribution is -2.31. The summed E-state index contributed by atoms with van der Waals surface area (Å²) < 4.78 is 1.07. The fraction of sp³-hybridized carbons (Fsp3) is 0.211. The summed E-state index contributed by atoms with van der Waals surface area (Å²) >= 11 is 4.98. The number of rotatable bonds is 6. The molecule has 0 saturated carbocycles. The molecule has 0 fully saturated rings. The van der Waals surface area contributed by atoms with Crippen molar-refractivity contribution in [1.29, 1.82) is 0 Å². The molecule has 0 aliphatic rings. The molecule has 0 aliphatic heterocycles. The number of H-pyrrole nitrogens is 1. The number of hydrogen-bond acceptors (Lipinski definition) is 6. The van der Waals surface area contributed by atoms with E-state index in [0.717, 1.165) is 43.1 Å². The molecule has 2 aromatic carbocycles. The van der Waals surface area contributed by atoms with E-state index in [0.29, 0.717) is 6.54 Å². The maximum atomic E-state index is 6.26. The summed E-state index contributed by atoms with van der Waals surface area (Å²) in [5.41, 5.74) is 10.7. The van der Waals surface area contributed by atoms with E-state index < -0.39 is 0 Å². The van der Waals surface area contributed by atoms with E-state index in [9.17, 15) is 0 Å². The van der Waals surface area contributed by atoms with Crippen molar-refractivity contribution in [1.82, 2.24) is 20.4 Å². The van der Waals surface area contributed by atoms with Crippen LogP contribution in [0.4, 0.5) is 5.13 Å². The van der Waals surface area contributed by atoms with Gasteiger partial charge in [-0.3, -0.25) is 5.10 Å². The Morgan fingerprint density at radius 1 is 1.22 bits per heavy atom. The molecule has 27 heavy (non-hydrogen) atoms. The lowest BCUT2D eigenvalue weighted by molar-refractivity contribution is 0.698. The summed E-state index contributed by atoms with van der Waals surface area (Å²) in [5, 5.41) is 21.7. The third-order valence-electron chi connectivity index (χ3n) is 4.37. The Bertz CT molecular complexity index is 1060. The van der Waals surface area contributed by atoms with Gasteiger partial charge in [0.05, 0.1) is 11.7 Å². The topological polar surface area (TPSA) is 92.5 Å². The van der Waals surface area contributed by atoms with Gasteiger partial charge in [0.15, 0.2) is 0 Å². The van der Waals surface area contributed by atoms with E-state index in [1.807, 2.05) is 18.3 Å². The molecule has 0 saturated heterocycles. The highest BCUT2D eigenvalue weighted by Crippen LogP contribution is 2.31. The van der Waals surface area contributed by atoms with E-state index in [4.69, 9.17) is 5.73 Å². The molecule has 0 unspecified atom stereocenters. The Balaban J connectivity index is 1.41. The van der Waals surface area contributed by atoms with Gasteiger partial charge in [0.1, 0.15) is 5.01 Å². The van der Waals surface area contributed by atoms with Crippen molar-refractivity contribution in [2.24, 2.45) is 5.73 Å². The minimum atomic E-state index is 0.00235. The normalized spacial score (nSPS) is 12.4. The molecule has 0 aliphatic carbocycles. The summed E-state index contributed by atoms with van der Waals surface area (Å²) in [7, 11) is 0. The molecule has 6 nitrogen and oxygen atoms in total. The molecule has 138 valence electrons. The quantitative estimate of drug-likeness (QED) is 0.417. The van der Waals surface area contributed by atoms with Crippen LogP contribution < -0.4 is 11.1 Å². The lowest BCUT2D eigenvalue weighted by atomic mass is 10.1. The standard InChI is InChI=1S/C19H19BrN6S/c1-11-6-17-13(9-23-24-17)8-16(11)18-25-26-19(27-18)22-10-15(21)7-12-2-4-14(20)5-3-12/h2-6,8-9,15H,7,10,21H2,1H3,(H,22,26)(H,23,24)/t15-/m0/s1. The van der Waals surface area contributed by atoms with Gasteiger partial charge < -0.3 is 11.1 Å². The Labute approximate surface area is 169 Å². The van der Waals surface area contributed by atoms with Crippen LogP contribution in [0.2, 0.25) is 0 Å². The maximum absolute atomic E-state index is 6.26.